The summed E-state index contributed by atoms with van der Waals surface area (Å²) < 4.78 is 1.64. The van der Waals surface area contributed by atoms with Gasteiger partial charge in [0.05, 0.1) is 6.20 Å². The van der Waals surface area contributed by atoms with Crippen LogP contribution < -0.4 is 0 Å². The highest BCUT2D eigenvalue weighted by atomic mass is 16.3. The minimum Gasteiger partial charge on any atom is -0.252 e. The van der Waals surface area contributed by atoms with Crippen molar-refractivity contribution >= 4 is 0 Å². The van der Waals surface area contributed by atoms with Gasteiger partial charge in [-0.3, -0.25) is 4.68 Å². The summed E-state index contributed by atoms with van der Waals surface area (Å²) in [5.41, 5.74) is 0.516. The van der Waals surface area contributed by atoms with Crippen LogP contribution in [0.15, 0.2) is 6.20 Å². The highest BCUT2D eigenvalue weighted by Gasteiger charge is 2.05. The molecular formula is C6H10N3O. The minimum absolute atomic E-state index is 0.516. The summed E-state index contributed by atoms with van der Waals surface area (Å²) in [6.45, 7) is 4.28. The molecule has 0 saturated carbocycles. The van der Waals surface area contributed by atoms with Gasteiger partial charge in [-0.1, -0.05) is 5.21 Å². The molecule has 0 aliphatic carbocycles. The van der Waals surface area contributed by atoms with Crippen LogP contribution in [0.5, 0.6) is 0 Å². The number of aryl methyl sites for hydroxylation is 1. The molecule has 4 heteroatoms. The van der Waals surface area contributed by atoms with Crippen LogP contribution in [-0.4, -0.2) is 15.0 Å². The zero-order valence-electron chi connectivity index (χ0n) is 6.11. The molecule has 0 fully saturated rings. The third kappa shape index (κ3) is 1.33. The summed E-state index contributed by atoms with van der Waals surface area (Å²) >= 11 is 0. The molecule has 0 bridgehead atoms. The van der Waals surface area contributed by atoms with E-state index in [0.717, 1.165) is 6.54 Å². The van der Waals surface area contributed by atoms with Gasteiger partial charge in [0.2, 0.25) is 0 Å². The van der Waals surface area contributed by atoms with Crippen molar-refractivity contribution < 1.29 is 5.11 Å². The summed E-state index contributed by atoms with van der Waals surface area (Å²) in [4.78, 5) is 0. The fraction of sp³-hybridized carbons (Fsp3) is 0.667. The Bertz CT molecular complexity index is 207. The van der Waals surface area contributed by atoms with Gasteiger partial charge < -0.3 is 0 Å². The summed E-state index contributed by atoms with van der Waals surface area (Å²) in [7, 11) is 0. The lowest BCUT2D eigenvalue weighted by atomic mass is 10.3. The molecule has 10 heavy (non-hydrogen) atoms. The fourth-order valence-electron chi connectivity index (χ4n) is 0.654. The quantitative estimate of drug-likeness (QED) is 0.609. The Morgan fingerprint density at radius 2 is 2.50 bits per heavy atom. The highest BCUT2D eigenvalue weighted by Crippen LogP contribution is 2.06. The molecule has 1 rings (SSSR count). The predicted molar refractivity (Wildman–Crippen MR) is 34.8 cm³/mol. The van der Waals surface area contributed by atoms with Crippen molar-refractivity contribution in [1.29, 1.82) is 0 Å². The normalized spacial score (nSPS) is 13.5. The molecule has 0 spiro atoms. The van der Waals surface area contributed by atoms with Gasteiger partial charge in [0.15, 0.2) is 0 Å². The van der Waals surface area contributed by atoms with E-state index in [1.165, 1.54) is 0 Å². The Kier molecular flexibility index (Phi) is 2.01. The van der Waals surface area contributed by atoms with E-state index in [4.69, 9.17) is 0 Å². The molecule has 1 heterocycles. The van der Waals surface area contributed by atoms with E-state index in [-0.39, 0.29) is 0 Å². The predicted octanol–water partition coefficient (Wildman–Crippen LogP) is 0.789. The molecule has 0 saturated heterocycles. The molecule has 0 aliphatic heterocycles. The first-order valence-electron chi connectivity index (χ1n) is 3.30. The molecule has 0 amide bonds. The molecular weight excluding hydrogens is 130 g/mol. The molecule has 1 radical (unpaired) electrons. The van der Waals surface area contributed by atoms with Crippen molar-refractivity contribution in [2.75, 3.05) is 0 Å². The first-order valence-corrected chi connectivity index (χ1v) is 3.30. The smallest absolute Gasteiger partial charge is 0.135 e. The average molecular weight is 140 g/mol. The molecule has 1 aromatic heterocycles. The number of rotatable bonds is 2. The molecule has 1 aromatic rings. The van der Waals surface area contributed by atoms with Gasteiger partial charge >= 0.3 is 0 Å². The Hall–Kier alpha value is -0.900. The van der Waals surface area contributed by atoms with Crippen molar-refractivity contribution in [2.45, 2.75) is 26.5 Å². The van der Waals surface area contributed by atoms with E-state index in [1.807, 2.05) is 6.92 Å². The zero-order valence-corrected chi connectivity index (χ0v) is 6.11. The van der Waals surface area contributed by atoms with Gasteiger partial charge in [0.25, 0.3) is 0 Å². The van der Waals surface area contributed by atoms with Crippen molar-refractivity contribution in [2.24, 2.45) is 0 Å². The Morgan fingerprint density at radius 3 is 2.80 bits per heavy atom. The Labute approximate surface area is 59.5 Å². The molecule has 1 unspecified atom stereocenters. The van der Waals surface area contributed by atoms with E-state index in [1.54, 1.807) is 17.8 Å². The number of nitrogens with zero attached hydrogens (tertiary/aromatic N) is 3. The highest BCUT2D eigenvalue weighted by molar-refractivity contribution is 4.94. The lowest BCUT2D eigenvalue weighted by molar-refractivity contribution is 0.102. The van der Waals surface area contributed by atoms with Gasteiger partial charge in [-0.05, 0) is 13.8 Å². The molecule has 1 atom stereocenters. The summed E-state index contributed by atoms with van der Waals surface area (Å²) in [6.07, 6.45) is 0.915. The van der Waals surface area contributed by atoms with Crippen molar-refractivity contribution in [3.63, 3.8) is 0 Å². The third-order valence-corrected chi connectivity index (χ3v) is 1.30. The Morgan fingerprint density at radius 1 is 1.80 bits per heavy atom. The number of hydrogen-bond acceptors (Lipinski definition) is 2. The number of aromatic nitrogens is 3. The topological polar surface area (TPSA) is 50.6 Å². The second-order valence-corrected chi connectivity index (χ2v) is 2.14. The van der Waals surface area contributed by atoms with Gasteiger partial charge in [0.1, 0.15) is 11.8 Å². The van der Waals surface area contributed by atoms with Crippen molar-refractivity contribution in [3.8, 4) is 0 Å². The van der Waals surface area contributed by atoms with E-state index in [0.29, 0.717) is 5.69 Å². The molecule has 0 N–H and O–H groups in total. The third-order valence-electron chi connectivity index (χ3n) is 1.30. The maximum atomic E-state index is 10.7. The molecule has 0 aromatic carbocycles. The van der Waals surface area contributed by atoms with Crippen LogP contribution >= 0.6 is 0 Å². The second-order valence-electron chi connectivity index (χ2n) is 2.14. The van der Waals surface area contributed by atoms with E-state index < -0.39 is 6.10 Å². The van der Waals surface area contributed by atoms with Crippen molar-refractivity contribution in [1.82, 2.24) is 15.0 Å². The van der Waals surface area contributed by atoms with E-state index in [2.05, 4.69) is 10.3 Å². The fourth-order valence-corrected chi connectivity index (χ4v) is 0.654. The summed E-state index contributed by atoms with van der Waals surface area (Å²) in [5.74, 6) is 0. The molecule has 4 nitrogen and oxygen atoms in total. The van der Waals surface area contributed by atoms with E-state index >= 15 is 0 Å². The molecule has 55 valence electrons. The van der Waals surface area contributed by atoms with Gasteiger partial charge in [-0.25, -0.2) is 5.11 Å². The van der Waals surface area contributed by atoms with Crippen LogP contribution in [-0.2, 0) is 11.7 Å². The van der Waals surface area contributed by atoms with Crippen LogP contribution in [0.3, 0.4) is 0 Å². The maximum absolute atomic E-state index is 10.7. The maximum Gasteiger partial charge on any atom is 0.135 e. The largest absolute Gasteiger partial charge is 0.252 e. The lowest BCUT2D eigenvalue weighted by Gasteiger charge is -1.91. The first-order chi connectivity index (χ1) is 4.74. The van der Waals surface area contributed by atoms with Gasteiger partial charge in [0, 0.05) is 6.54 Å². The lowest BCUT2D eigenvalue weighted by Crippen LogP contribution is -1.93. The number of hydrogen-bond donors (Lipinski definition) is 0. The van der Waals surface area contributed by atoms with E-state index in [9.17, 15) is 5.11 Å². The average Bonchev–Trinajstić information content (AvgIpc) is 2.34. The van der Waals surface area contributed by atoms with Crippen LogP contribution in [0.1, 0.15) is 25.6 Å². The Balaban J connectivity index is 2.78. The van der Waals surface area contributed by atoms with Gasteiger partial charge in [-0.2, -0.15) is 0 Å². The SMILES string of the molecule is CCn1cc(C(C)[O])nn1. The monoisotopic (exact) mass is 140 g/mol. The first kappa shape index (κ1) is 7.21. The van der Waals surface area contributed by atoms with Gasteiger partial charge in [-0.15, -0.1) is 5.10 Å². The summed E-state index contributed by atoms with van der Waals surface area (Å²) in [6, 6.07) is 0. The standard InChI is InChI=1S/C6H10N3O/c1-3-9-4-6(5(2)10)7-8-9/h4-5H,3H2,1-2H3. The van der Waals surface area contributed by atoms with Crippen LogP contribution in [0.25, 0.3) is 0 Å². The summed E-state index contributed by atoms with van der Waals surface area (Å²) in [5, 5.41) is 18.2. The van der Waals surface area contributed by atoms with Crippen molar-refractivity contribution in [3.05, 3.63) is 11.9 Å². The van der Waals surface area contributed by atoms with Crippen LogP contribution in [0.4, 0.5) is 0 Å². The zero-order chi connectivity index (χ0) is 7.56. The van der Waals surface area contributed by atoms with Crippen LogP contribution in [0, 0.1) is 0 Å². The minimum atomic E-state index is -0.764. The van der Waals surface area contributed by atoms with Crippen LogP contribution in [0.2, 0.25) is 0 Å². The second kappa shape index (κ2) is 2.79. The molecule has 0 aliphatic rings.